The first-order valence-corrected chi connectivity index (χ1v) is 6.69. The molecule has 2 heterocycles. The number of carbonyl (C=O) groups is 1. The lowest BCUT2D eigenvalue weighted by Gasteiger charge is -1.98. The van der Waals surface area contributed by atoms with E-state index in [1.54, 1.807) is 6.07 Å². The Morgan fingerprint density at radius 2 is 2.26 bits per heavy atom. The van der Waals surface area contributed by atoms with Crippen molar-refractivity contribution < 1.29 is 14.4 Å². The molecular formula is C12H13N3O3S. The number of carboxylic acids is 1. The van der Waals surface area contributed by atoms with Gasteiger partial charge in [0.15, 0.2) is 5.82 Å². The quantitative estimate of drug-likeness (QED) is 0.841. The highest BCUT2D eigenvalue weighted by molar-refractivity contribution is 7.98. The molecule has 0 aliphatic carbocycles. The van der Waals surface area contributed by atoms with Crippen LogP contribution in [0.5, 0.6) is 0 Å². The van der Waals surface area contributed by atoms with E-state index in [2.05, 4.69) is 15.1 Å². The Hall–Kier alpha value is -1.89. The third-order valence-electron chi connectivity index (χ3n) is 2.31. The Kier molecular flexibility index (Phi) is 4.16. The molecule has 0 aromatic carbocycles. The predicted octanol–water partition coefficient (Wildman–Crippen LogP) is 2.58. The number of carboxylic acid groups (broad SMARTS) is 1. The highest BCUT2D eigenvalue weighted by Gasteiger charge is 2.10. The largest absolute Gasteiger partial charge is 0.478 e. The van der Waals surface area contributed by atoms with Gasteiger partial charge < -0.3 is 9.63 Å². The average molecular weight is 279 g/mol. The van der Waals surface area contributed by atoms with E-state index in [0.29, 0.717) is 17.5 Å². The van der Waals surface area contributed by atoms with Crippen molar-refractivity contribution in [3.63, 3.8) is 0 Å². The Morgan fingerprint density at radius 3 is 2.79 bits per heavy atom. The molecule has 0 saturated carbocycles. The van der Waals surface area contributed by atoms with Crippen molar-refractivity contribution in [2.24, 2.45) is 0 Å². The number of thioether (sulfide) groups is 1. The zero-order valence-electron chi connectivity index (χ0n) is 10.5. The van der Waals surface area contributed by atoms with Gasteiger partial charge in [0, 0.05) is 12.1 Å². The zero-order valence-corrected chi connectivity index (χ0v) is 11.3. The van der Waals surface area contributed by atoms with Crippen LogP contribution in [-0.4, -0.2) is 26.2 Å². The van der Waals surface area contributed by atoms with Gasteiger partial charge in [-0.15, -0.1) is 0 Å². The second-order valence-corrected chi connectivity index (χ2v) is 5.18. The molecule has 0 radical (unpaired) electrons. The van der Waals surface area contributed by atoms with Gasteiger partial charge in [-0.2, -0.15) is 4.98 Å². The minimum atomic E-state index is -0.983. The van der Waals surface area contributed by atoms with E-state index in [9.17, 15) is 4.79 Å². The van der Waals surface area contributed by atoms with E-state index in [-0.39, 0.29) is 11.5 Å². The molecule has 0 saturated heterocycles. The van der Waals surface area contributed by atoms with Crippen molar-refractivity contribution >= 4 is 17.7 Å². The zero-order chi connectivity index (χ0) is 13.8. The van der Waals surface area contributed by atoms with Gasteiger partial charge >= 0.3 is 5.97 Å². The summed E-state index contributed by atoms with van der Waals surface area (Å²) in [6, 6.07) is 3.19. The number of hydrogen-bond acceptors (Lipinski definition) is 6. The van der Waals surface area contributed by atoms with Crippen LogP contribution in [0.4, 0.5) is 0 Å². The van der Waals surface area contributed by atoms with Crippen molar-refractivity contribution in [2.75, 3.05) is 0 Å². The van der Waals surface area contributed by atoms with Gasteiger partial charge in [-0.3, -0.25) is 0 Å². The van der Waals surface area contributed by atoms with Gasteiger partial charge in [-0.25, -0.2) is 9.78 Å². The first-order chi connectivity index (χ1) is 9.06. The molecule has 0 aliphatic heterocycles. The van der Waals surface area contributed by atoms with E-state index < -0.39 is 5.97 Å². The van der Waals surface area contributed by atoms with Crippen LogP contribution in [0.25, 0.3) is 0 Å². The lowest BCUT2D eigenvalue weighted by molar-refractivity contribution is 0.0696. The smallest absolute Gasteiger partial charge is 0.337 e. The summed E-state index contributed by atoms with van der Waals surface area (Å²) in [5.41, 5.74) is 0.172. The van der Waals surface area contributed by atoms with Gasteiger partial charge in [-0.1, -0.05) is 30.8 Å². The molecule has 100 valence electrons. The molecular weight excluding hydrogens is 266 g/mol. The Morgan fingerprint density at radius 1 is 1.47 bits per heavy atom. The van der Waals surface area contributed by atoms with Gasteiger partial charge in [0.05, 0.1) is 16.3 Å². The van der Waals surface area contributed by atoms with Crippen molar-refractivity contribution in [3.8, 4) is 0 Å². The van der Waals surface area contributed by atoms with E-state index in [1.807, 2.05) is 13.8 Å². The van der Waals surface area contributed by atoms with E-state index in [0.717, 1.165) is 5.03 Å². The molecule has 7 heteroatoms. The van der Waals surface area contributed by atoms with Crippen molar-refractivity contribution in [1.82, 2.24) is 15.1 Å². The number of aromatic carboxylic acids is 1. The van der Waals surface area contributed by atoms with Crippen LogP contribution in [0.15, 0.2) is 27.9 Å². The molecule has 0 fully saturated rings. The molecule has 0 unspecified atom stereocenters. The van der Waals surface area contributed by atoms with E-state index >= 15 is 0 Å². The van der Waals surface area contributed by atoms with E-state index in [1.165, 1.54) is 24.0 Å². The molecule has 0 bridgehead atoms. The fraction of sp³-hybridized carbons (Fsp3) is 0.333. The van der Waals surface area contributed by atoms with Crippen LogP contribution in [0, 0.1) is 0 Å². The van der Waals surface area contributed by atoms with Crippen molar-refractivity contribution in [3.05, 3.63) is 35.6 Å². The average Bonchev–Trinajstić information content (AvgIpc) is 2.86. The number of hydrogen-bond donors (Lipinski definition) is 1. The summed E-state index contributed by atoms with van der Waals surface area (Å²) >= 11 is 1.43. The SMILES string of the molecule is CC(C)c1nc(CSc2ccc(C(=O)O)cn2)no1. The Balaban J connectivity index is 1.96. The van der Waals surface area contributed by atoms with E-state index in [4.69, 9.17) is 9.63 Å². The van der Waals surface area contributed by atoms with Crippen LogP contribution in [0.1, 0.15) is 41.8 Å². The molecule has 0 spiro atoms. The first-order valence-electron chi connectivity index (χ1n) is 5.71. The molecule has 0 atom stereocenters. The lowest BCUT2D eigenvalue weighted by atomic mass is 10.2. The van der Waals surface area contributed by atoms with Crippen LogP contribution < -0.4 is 0 Å². The Labute approximate surface area is 114 Å². The summed E-state index contributed by atoms with van der Waals surface area (Å²) in [4.78, 5) is 19.0. The normalized spacial score (nSPS) is 10.9. The summed E-state index contributed by atoms with van der Waals surface area (Å²) in [7, 11) is 0. The maximum absolute atomic E-state index is 10.7. The minimum absolute atomic E-state index is 0.172. The molecule has 2 aromatic heterocycles. The van der Waals surface area contributed by atoms with Crippen LogP contribution in [-0.2, 0) is 5.75 Å². The molecule has 2 aromatic rings. The van der Waals surface area contributed by atoms with Gasteiger partial charge in [-0.05, 0) is 12.1 Å². The molecule has 19 heavy (non-hydrogen) atoms. The van der Waals surface area contributed by atoms with Crippen molar-refractivity contribution in [2.45, 2.75) is 30.5 Å². The maximum atomic E-state index is 10.7. The third kappa shape index (κ3) is 3.54. The second-order valence-electron chi connectivity index (χ2n) is 4.18. The number of aromatic nitrogens is 3. The molecule has 6 nitrogen and oxygen atoms in total. The summed E-state index contributed by atoms with van der Waals surface area (Å²) in [5.74, 6) is 0.987. The number of rotatable bonds is 5. The van der Waals surface area contributed by atoms with Crippen LogP contribution in [0.3, 0.4) is 0 Å². The molecule has 1 N–H and O–H groups in total. The summed E-state index contributed by atoms with van der Waals surface area (Å²) in [5, 5.41) is 13.4. The minimum Gasteiger partial charge on any atom is -0.478 e. The highest BCUT2D eigenvalue weighted by atomic mass is 32.2. The predicted molar refractivity (Wildman–Crippen MR) is 69.1 cm³/mol. The van der Waals surface area contributed by atoms with Crippen molar-refractivity contribution in [1.29, 1.82) is 0 Å². The number of nitrogens with zero attached hydrogens (tertiary/aromatic N) is 3. The number of pyridine rings is 1. The van der Waals surface area contributed by atoms with Gasteiger partial charge in [0.25, 0.3) is 0 Å². The fourth-order valence-electron chi connectivity index (χ4n) is 1.29. The maximum Gasteiger partial charge on any atom is 0.337 e. The standard InChI is InChI=1S/C12H13N3O3S/c1-7(2)11-14-9(15-18-11)6-19-10-4-3-8(5-13-10)12(16)17/h3-5,7H,6H2,1-2H3,(H,16,17). The van der Waals surface area contributed by atoms with Gasteiger partial charge in [0.1, 0.15) is 0 Å². The summed E-state index contributed by atoms with van der Waals surface area (Å²) < 4.78 is 5.09. The first kappa shape index (κ1) is 13.5. The van der Waals surface area contributed by atoms with Crippen LogP contribution >= 0.6 is 11.8 Å². The highest BCUT2D eigenvalue weighted by Crippen LogP contribution is 2.20. The van der Waals surface area contributed by atoms with Gasteiger partial charge in [0.2, 0.25) is 5.89 Å². The third-order valence-corrected chi connectivity index (χ3v) is 3.25. The Bertz CT molecular complexity index is 566. The van der Waals surface area contributed by atoms with Crippen LogP contribution in [0.2, 0.25) is 0 Å². The lowest BCUT2D eigenvalue weighted by Crippen LogP contribution is -1.96. The molecule has 2 rings (SSSR count). The fourth-order valence-corrected chi connectivity index (χ4v) is 1.98. The second kappa shape index (κ2) is 5.83. The summed E-state index contributed by atoms with van der Waals surface area (Å²) in [6.45, 7) is 3.97. The molecule has 0 amide bonds. The monoisotopic (exact) mass is 279 g/mol. The summed E-state index contributed by atoms with van der Waals surface area (Å²) in [6.07, 6.45) is 1.33. The molecule has 0 aliphatic rings. The topological polar surface area (TPSA) is 89.1 Å².